The average Bonchev–Trinajstić information content (AvgIpc) is 2.50. The number of hydrogen-bond donors (Lipinski definition) is 0. The van der Waals surface area contributed by atoms with E-state index in [2.05, 4.69) is 15.0 Å². The molecule has 0 saturated carbocycles. The first-order valence-electron chi connectivity index (χ1n) is 7.03. The second-order valence-electron chi connectivity index (χ2n) is 5.69. The van der Waals surface area contributed by atoms with Crippen LogP contribution in [0.25, 0.3) is 0 Å². The average molecular weight is 318 g/mol. The summed E-state index contributed by atoms with van der Waals surface area (Å²) in [4.78, 5) is 25.9. The molecule has 1 atom stereocenters. The van der Waals surface area contributed by atoms with Crippen molar-refractivity contribution >= 4 is 17.4 Å². The number of hydrogen-bond acceptors (Lipinski definition) is 5. The lowest BCUT2D eigenvalue weighted by Crippen LogP contribution is -2.39. The van der Waals surface area contributed by atoms with E-state index in [0.717, 1.165) is 11.3 Å². The van der Waals surface area contributed by atoms with E-state index in [4.69, 9.17) is 16.3 Å². The molecule has 0 saturated heterocycles. The highest BCUT2D eigenvalue weighted by Crippen LogP contribution is 2.38. The normalized spacial score (nSPS) is 20.6. The molecule has 0 radical (unpaired) electrons. The van der Waals surface area contributed by atoms with E-state index in [9.17, 15) is 4.79 Å². The van der Waals surface area contributed by atoms with Crippen LogP contribution < -0.4 is 4.74 Å². The Labute approximate surface area is 133 Å². The number of Topliss-reactive ketones (excluding diaryl/α,β-unsaturated/α-hetero) is 1. The molecule has 114 valence electrons. The van der Waals surface area contributed by atoms with E-state index in [1.807, 2.05) is 13.8 Å². The van der Waals surface area contributed by atoms with Crippen LogP contribution in [0.3, 0.4) is 0 Å². The zero-order valence-electron chi connectivity index (χ0n) is 12.7. The molecule has 22 heavy (non-hydrogen) atoms. The molecule has 0 aromatic carbocycles. The number of aromatic nitrogens is 3. The fourth-order valence-corrected chi connectivity index (χ4v) is 3.16. The third-order valence-corrected chi connectivity index (χ3v) is 4.45. The standard InChI is InChI=1S/C16H16ClN3O2/c1-9-6-12(17)20-10-4-5-16(2,15(21)14(9)10)11-7-19-13(22-3)8-18-11/h6-8H,4-5H2,1-3H3. The van der Waals surface area contributed by atoms with Crippen molar-refractivity contribution < 1.29 is 9.53 Å². The first-order chi connectivity index (χ1) is 10.5. The van der Waals surface area contributed by atoms with Crippen LogP contribution in [0.4, 0.5) is 0 Å². The molecule has 6 heteroatoms. The lowest BCUT2D eigenvalue weighted by molar-refractivity contribution is 0.0869. The van der Waals surface area contributed by atoms with Crippen molar-refractivity contribution in [1.82, 2.24) is 15.0 Å². The maximum absolute atomic E-state index is 13.0. The molecule has 2 heterocycles. The van der Waals surface area contributed by atoms with Crippen molar-refractivity contribution in [1.29, 1.82) is 0 Å². The van der Waals surface area contributed by atoms with Gasteiger partial charge >= 0.3 is 0 Å². The van der Waals surface area contributed by atoms with Crippen molar-refractivity contribution in [3.05, 3.63) is 46.1 Å². The number of pyridine rings is 1. The minimum Gasteiger partial charge on any atom is -0.480 e. The Balaban J connectivity index is 2.07. The maximum atomic E-state index is 13.0. The number of carbonyl (C=O) groups excluding carboxylic acids is 1. The molecule has 2 aromatic heterocycles. The number of methoxy groups -OCH3 is 1. The summed E-state index contributed by atoms with van der Waals surface area (Å²) in [6.45, 7) is 3.79. The lowest BCUT2D eigenvalue weighted by atomic mass is 9.70. The van der Waals surface area contributed by atoms with Gasteiger partial charge in [-0.3, -0.25) is 9.78 Å². The van der Waals surface area contributed by atoms with Gasteiger partial charge in [0.2, 0.25) is 5.88 Å². The van der Waals surface area contributed by atoms with Gasteiger partial charge in [-0.15, -0.1) is 0 Å². The van der Waals surface area contributed by atoms with Crippen LogP contribution in [0.1, 0.15) is 40.7 Å². The van der Waals surface area contributed by atoms with Gasteiger partial charge in [-0.1, -0.05) is 11.6 Å². The number of ether oxygens (including phenoxy) is 1. The summed E-state index contributed by atoms with van der Waals surface area (Å²) in [6, 6.07) is 1.73. The topological polar surface area (TPSA) is 65.0 Å². The van der Waals surface area contributed by atoms with Crippen LogP contribution >= 0.6 is 11.6 Å². The van der Waals surface area contributed by atoms with E-state index in [0.29, 0.717) is 35.1 Å². The minimum atomic E-state index is -0.702. The van der Waals surface area contributed by atoms with Gasteiger partial charge in [-0.05, 0) is 38.3 Å². The maximum Gasteiger partial charge on any atom is 0.231 e. The van der Waals surface area contributed by atoms with Crippen LogP contribution in [0.2, 0.25) is 5.15 Å². The van der Waals surface area contributed by atoms with Crippen LogP contribution in [0, 0.1) is 6.92 Å². The molecule has 1 aliphatic carbocycles. The predicted molar refractivity (Wildman–Crippen MR) is 82.6 cm³/mol. The molecule has 0 aliphatic heterocycles. The summed E-state index contributed by atoms with van der Waals surface area (Å²) >= 11 is 5.99. The van der Waals surface area contributed by atoms with Crippen molar-refractivity contribution in [3.8, 4) is 5.88 Å². The second kappa shape index (κ2) is 5.32. The van der Waals surface area contributed by atoms with Crippen molar-refractivity contribution in [2.24, 2.45) is 0 Å². The molecule has 0 N–H and O–H groups in total. The summed E-state index contributed by atoms with van der Waals surface area (Å²) in [6.07, 6.45) is 4.47. The molecule has 0 spiro atoms. The van der Waals surface area contributed by atoms with E-state index >= 15 is 0 Å². The highest BCUT2D eigenvalue weighted by molar-refractivity contribution is 6.29. The van der Waals surface area contributed by atoms with Gasteiger partial charge in [0.25, 0.3) is 0 Å². The Kier molecular flexibility index (Phi) is 3.60. The third kappa shape index (κ3) is 2.25. The monoisotopic (exact) mass is 317 g/mol. The number of halogens is 1. The van der Waals surface area contributed by atoms with Gasteiger partial charge in [0, 0.05) is 5.56 Å². The van der Waals surface area contributed by atoms with E-state index in [1.165, 1.54) is 13.3 Å². The van der Waals surface area contributed by atoms with Crippen molar-refractivity contribution in [2.75, 3.05) is 7.11 Å². The minimum absolute atomic E-state index is 0.0230. The predicted octanol–water partition coefficient (Wildman–Crippen LogP) is 2.93. The van der Waals surface area contributed by atoms with Gasteiger partial charge in [0.1, 0.15) is 5.15 Å². The first kappa shape index (κ1) is 14.9. The molecule has 5 nitrogen and oxygen atoms in total. The zero-order chi connectivity index (χ0) is 15.9. The van der Waals surface area contributed by atoms with Gasteiger partial charge in [0.05, 0.1) is 36.3 Å². The van der Waals surface area contributed by atoms with E-state index in [1.54, 1.807) is 12.3 Å². The summed E-state index contributed by atoms with van der Waals surface area (Å²) < 4.78 is 5.02. The fourth-order valence-electron chi connectivity index (χ4n) is 2.90. The number of fused-ring (bicyclic) bond motifs is 1. The number of carbonyl (C=O) groups is 1. The van der Waals surface area contributed by atoms with Crippen LogP contribution in [0.5, 0.6) is 5.88 Å². The Morgan fingerprint density at radius 3 is 2.73 bits per heavy atom. The molecule has 0 fully saturated rings. The number of aryl methyl sites for hydroxylation is 2. The van der Waals surface area contributed by atoms with Gasteiger partial charge < -0.3 is 4.74 Å². The summed E-state index contributed by atoms with van der Waals surface area (Å²) in [5.41, 5.74) is 2.24. The number of ketones is 1. The van der Waals surface area contributed by atoms with Crippen LogP contribution in [0.15, 0.2) is 18.5 Å². The molecular weight excluding hydrogens is 302 g/mol. The third-order valence-electron chi connectivity index (χ3n) is 4.25. The van der Waals surface area contributed by atoms with Crippen LogP contribution in [-0.2, 0) is 11.8 Å². The smallest absolute Gasteiger partial charge is 0.231 e. The van der Waals surface area contributed by atoms with Crippen molar-refractivity contribution in [2.45, 2.75) is 32.1 Å². The summed E-state index contributed by atoms with van der Waals surface area (Å²) in [5.74, 6) is 0.454. The summed E-state index contributed by atoms with van der Waals surface area (Å²) in [5, 5.41) is 0.428. The van der Waals surface area contributed by atoms with E-state index in [-0.39, 0.29) is 5.78 Å². The molecule has 1 unspecified atom stereocenters. The summed E-state index contributed by atoms with van der Waals surface area (Å²) in [7, 11) is 1.53. The van der Waals surface area contributed by atoms with Crippen LogP contribution in [-0.4, -0.2) is 27.8 Å². The molecule has 0 amide bonds. The van der Waals surface area contributed by atoms with Crippen molar-refractivity contribution in [3.63, 3.8) is 0 Å². The molecule has 2 aromatic rings. The SMILES string of the molecule is COc1cnc(C2(C)CCc3nc(Cl)cc(C)c3C2=O)cn1. The zero-order valence-corrected chi connectivity index (χ0v) is 13.4. The molecular formula is C16H16ClN3O2. The largest absolute Gasteiger partial charge is 0.480 e. The van der Waals surface area contributed by atoms with Gasteiger partial charge in [-0.2, -0.15) is 0 Å². The number of rotatable bonds is 2. The Morgan fingerprint density at radius 1 is 1.32 bits per heavy atom. The molecule has 3 rings (SSSR count). The first-order valence-corrected chi connectivity index (χ1v) is 7.41. The van der Waals surface area contributed by atoms with Gasteiger partial charge in [-0.25, -0.2) is 9.97 Å². The Hall–Kier alpha value is -2.01. The quantitative estimate of drug-likeness (QED) is 0.797. The Bertz CT molecular complexity index is 746. The molecule has 1 aliphatic rings. The second-order valence-corrected chi connectivity index (χ2v) is 6.08. The van der Waals surface area contributed by atoms with Gasteiger partial charge in [0.15, 0.2) is 5.78 Å². The number of nitrogens with zero attached hydrogens (tertiary/aromatic N) is 3. The fraction of sp³-hybridized carbons (Fsp3) is 0.375. The lowest BCUT2D eigenvalue weighted by Gasteiger charge is -2.32. The highest BCUT2D eigenvalue weighted by Gasteiger charge is 2.42. The van der Waals surface area contributed by atoms with E-state index < -0.39 is 5.41 Å². The Morgan fingerprint density at radius 2 is 2.09 bits per heavy atom. The highest BCUT2D eigenvalue weighted by atomic mass is 35.5. The molecule has 0 bridgehead atoms.